The van der Waals surface area contributed by atoms with Gasteiger partial charge in [0.15, 0.2) is 17.5 Å². The Morgan fingerprint density at radius 1 is 1.31 bits per heavy atom. The van der Waals surface area contributed by atoms with Crippen LogP contribution in [0.15, 0.2) is 29.4 Å². The molecule has 0 aliphatic heterocycles. The normalized spacial score (nSPS) is 11.5. The number of rotatable bonds is 8. The van der Waals surface area contributed by atoms with Gasteiger partial charge in [0, 0.05) is 36.3 Å². The summed E-state index contributed by atoms with van der Waals surface area (Å²) in [4.78, 5) is 9.94. The van der Waals surface area contributed by atoms with Crippen molar-refractivity contribution in [2.45, 2.75) is 33.7 Å². The number of ether oxygens (including phenoxy) is 2. The van der Waals surface area contributed by atoms with Crippen LogP contribution in [0.4, 0.5) is 5.69 Å². The Hall–Kier alpha value is -2.28. The van der Waals surface area contributed by atoms with E-state index in [-0.39, 0.29) is 0 Å². The van der Waals surface area contributed by atoms with Crippen LogP contribution in [-0.2, 0) is 13.0 Å². The van der Waals surface area contributed by atoms with Gasteiger partial charge in [-0.1, -0.05) is 13.8 Å². The third-order valence-electron chi connectivity index (χ3n) is 3.56. The predicted molar refractivity (Wildman–Crippen MR) is 109 cm³/mol. The van der Waals surface area contributed by atoms with Crippen LogP contribution >= 0.6 is 11.3 Å². The van der Waals surface area contributed by atoms with E-state index in [1.54, 1.807) is 25.5 Å². The zero-order valence-electron chi connectivity index (χ0n) is 16.1. The molecule has 142 valence electrons. The molecule has 0 aliphatic carbocycles. The molecule has 2 rings (SSSR count). The lowest BCUT2D eigenvalue weighted by Gasteiger charge is -2.14. The van der Waals surface area contributed by atoms with Crippen molar-refractivity contribution in [1.29, 1.82) is 0 Å². The lowest BCUT2D eigenvalue weighted by molar-refractivity contribution is 0.311. The molecule has 1 aromatic heterocycles. The Morgan fingerprint density at radius 3 is 2.77 bits per heavy atom. The molecular weight excluding hydrogens is 348 g/mol. The summed E-state index contributed by atoms with van der Waals surface area (Å²) < 4.78 is 10.9. The molecule has 26 heavy (non-hydrogen) atoms. The molecule has 0 unspecified atom stereocenters. The van der Waals surface area contributed by atoms with Gasteiger partial charge in [0.05, 0.1) is 25.3 Å². The van der Waals surface area contributed by atoms with E-state index in [1.165, 1.54) is 9.88 Å². The van der Waals surface area contributed by atoms with Crippen LogP contribution in [0, 0.1) is 5.92 Å². The SMILES string of the molecule is CCOc1ccc(NC(=NC)NCc2cnc(CC(C)C)s2)cc1OC. The van der Waals surface area contributed by atoms with Gasteiger partial charge < -0.3 is 20.1 Å². The topological polar surface area (TPSA) is 67.8 Å². The molecule has 0 fully saturated rings. The summed E-state index contributed by atoms with van der Waals surface area (Å²) in [5, 5.41) is 7.76. The fraction of sp³-hybridized carbons (Fsp3) is 0.474. The smallest absolute Gasteiger partial charge is 0.195 e. The first-order valence-electron chi connectivity index (χ1n) is 8.77. The van der Waals surface area contributed by atoms with E-state index in [0.717, 1.165) is 17.9 Å². The Morgan fingerprint density at radius 2 is 2.12 bits per heavy atom. The van der Waals surface area contributed by atoms with Crippen molar-refractivity contribution in [2.24, 2.45) is 10.9 Å². The Balaban J connectivity index is 1.96. The monoisotopic (exact) mass is 376 g/mol. The van der Waals surface area contributed by atoms with E-state index in [4.69, 9.17) is 9.47 Å². The zero-order valence-corrected chi connectivity index (χ0v) is 16.9. The quantitative estimate of drug-likeness (QED) is 0.540. The standard InChI is InChI=1S/C19H28N4O2S/c1-6-25-16-8-7-14(10-17(16)24-5)23-19(20-4)22-12-15-11-21-18(26-15)9-13(2)3/h7-8,10-11,13H,6,9,12H2,1-5H3,(H2,20,22,23). The molecule has 0 atom stereocenters. The molecule has 0 radical (unpaired) electrons. The number of hydrogen-bond acceptors (Lipinski definition) is 5. The minimum atomic E-state index is 0.597. The first kappa shape index (κ1) is 20.0. The molecule has 7 heteroatoms. The van der Waals surface area contributed by atoms with Crippen LogP contribution in [0.2, 0.25) is 0 Å². The summed E-state index contributed by atoms with van der Waals surface area (Å²) >= 11 is 1.74. The molecule has 1 heterocycles. The van der Waals surface area contributed by atoms with E-state index in [2.05, 4.69) is 34.5 Å². The van der Waals surface area contributed by atoms with E-state index in [1.807, 2.05) is 31.3 Å². The first-order chi connectivity index (χ1) is 12.5. The van der Waals surface area contributed by atoms with Crippen molar-refractivity contribution < 1.29 is 9.47 Å². The predicted octanol–water partition coefficient (Wildman–Crippen LogP) is 3.94. The molecule has 2 aromatic rings. The molecule has 2 N–H and O–H groups in total. The highest BCUT2D eigenvalue weighted by Gasteiger charge is 2.08. The Kier molecular flexibility index (Phi) is 7.72. The molecule has 6 nitrogen and oxygen atoms in total. The number of guanidine groups is 1. The van der Waals surface area contributed by atoms with Gasteiger partial charge in [-0.25, -0.2) is 4.98 Å². The zero-order chi connectivity index (χ0) is 18.9. The van der Waals surface area contributed by atoms with Gasteiger partial charge >= 0.3 is 0 Å². The highest BCUT2D eigenvalue weighted by atomic mass is 32.1. The number of hydrogen-bond donors (Lipinski definition) is 2. The molecule has 0 saturated heterocycles. The maximum Gasteiger partial charge on any atom is 0.195 e. The van der Waals surface area contributed by atoms with Gasteiger partial charge in [0.1, 0.15) is 0 Å². The molecular formula is C19H28N4O2S. The van der Waals surface area contributed by atoms with Crippen molar-refractivity contribution in [3.8, 4) is 11.5 Å². The number of aromatic nitrogens is 1. The van der Waals surface area contributed by atoms with Crippen molar-refractivity contribution >= 4 is 23.0 Å². The number of benzene rings is 1. The fourth-order valence-corrected chi connectivity index (χ4v) is 3.45. The van der Waals surface area contributed by atoms with Crippen LogP contribution in [0.3, 0.4) is 0 Å². The number of nitrogens with zero attached hydrogens (tertiary/aromatic N) is 2. The highest BCUT2D eigenvalue weighted by molar-refractivity contribution is 7.11. The summed E-state index contributed by atoms with van der Waals surface area (Å²) in [6.07, 6.45) is 2.95. The number of thiazole rings is 1. The van der Waals surface area contributed by atoms with Gasteiger partial charge in [-0.05, 0) is 25.0 Å². The van der Waals surface area contributed by atoms with Gasteiger partial charge in [0.25, 0.3) is 0 Å². The number of aliphatic imine (C=N–C) groups is 1. The van der Waals surface area contributed by atoms with Crippen LogP contribution in [0.25, 0.3) is 0 Å². The second-order valence-electron chi connectivity index (χ2n) is 6.17. The van der Waals surface area contributed by atoms with Gasteiger partial charge in [0.2, 0.25) is 0 Å². The minimum absolute atomic E-state index is 0.597. The maximum atomic E-state index is 5.54. The fourth-order valence-electron chi connectivity index (χ4n) is 2.38. The van der Waals surface area contributed by atoms with E-state index in [9.17, 15) is 0 Å². The molecule has 0 spiro atoms. The van der Waals surface area contributed by atoms with Crippen molar-refractivity contribution in [2.75, 3.05) is 26.1 Å². The molecule has 0 bridgehead atoms. The number of methoxy groups -OCH3 is 1. The van der Waals surface area contributed by atoms with Crippen LogP contribution in [-0.4, -0.2) is 31.7 Å². The molecule has 0 amide bonds. The third kappa shape index (κ3) is 5.91. The summed E-state index contributed by atoms with van der Waals surface area (Å²) in [5.74, 6) is 2.72. The summed E-state index contributed by atoms with van der Waals surface area (Å²) in [6.45, 7) is 7.64. The van der Waals surface area contributed by atoms with Crippen LogP contribution in [0.1, 0.15) is 30.7 Å². The molecule has 1 aromatic carbocycles. The van der Waals surface area contributed by atoms with E-state index in [0.29, 0.717) is 30.8 Å². The number of nitrogens with one attached hydrogen (secondary N) is 2. The lowest BCUT2D eigenvalue weighted by Crippen LogP contribution is -2.29. The van der Waals surface area contributed by atoms with Gasteiger partial charge in [-0.3, -0.25) is 4.99 Å². The lowest BCUT2D eigenvalue weighted by atomic mass is 10.1. The van der Waals surface area contributed by atoms with Crippen molar-refractivity contribution in [1.82, 2.24) is 10.3 Å². The van der Waals surface area contributed by atoms with E-state index >= 15 is 0 Å². The average molecular weight is 377 g/mol. The summed E-state index contributed by atoms with van der Waals surface area (Å²) in [6, 6.07) is 5.72. The largest absolute Gasteiger partial charge is 0.493 e. The van der Waals surface area contributed by atoms with E-state index < -0.39 is 0 Å². The number of anilines is 1. The molecule has 0 saturated carbocycles. The van der Waals surface area contributed by atoms with Crippen molar-refractivity contribution in [3.05, 3.63) is 34.3 Å². The maximum absolute atomic E-state index is 5.54. The highest BCUT2D eigenvalue weighted by Crippen LogP contribution is 2.30. The first-order valence-corrected chi connectivity index (χ1v) is 9.59. The minimum Gasteiger partial charge on any atom is -0.493 e. The van der Waals surface area contributed by atoms with Crippen LogP contribution < -0.4 is 20.1 Å². The van der Waals surface area contributed by atoms with Gasteiger partial charge in [-0.2, -0.15) is 0 Å². The van der Waals surface area contributed by atoms with Crippen LogP contribution in [0.5, 0.6) is 11.5 Å². The van der Waals surface area contributed by atoms with Gasteiger partial charge in [-0.15, -0.1) is 11.3 Å². The summed E-state index contributed by atoms with van der Waals surface area (Å²) in [7, 11) is 3.38. The average Bonchev–Trinajstić information content (AvgIpc) is 3.06. The Bertz CT molecular complexity index is 728. The molecule has 0 aliphatic rings. The Labute approximate surface area is 159 Å². The second-order valence-corrected chi connectivity index (χ2v) is 7.37. The second kappa shape index (κ2) is 10.0. The third-order valence-corrected chi connectivity index (χ3v) is 4.58. The van der Waals surface area contributed by atoms with Crippen molar-refractivity contribution in [3.63, 3.8) is 0 Å². The summed E-state index contributed by atoms with van der Waals surface area (Å²) in [5.41, 5.74) is 0.878.